The zero-order valence-corrected chi connectivity index (χ0v) is 11.4. The SMILES string of the molecule is O=C(O)C(CCc1ccccc1)N1CCCCCC1. The van der Waals surface area contributed by atoms with Gasteiger partial charge >= 0.3 is 5.97 Å². The molecule has 1 saturated heterocycles. The van der Waals surface area contributed by atoms with Gasteiger partial charge in [0.15, 0.2) is 0 Å². The molecule has 1 N–H and O–H groups in total. The number of nitrogens with zero attached hydrogens (tertiary/aromatic N) is 1. The summed E-state index contributed by atoms with van der Waals surface area (Å²) in [4.78, 5) is 13.7. The molecule has 2 rings (SSSR count). The van der Waals surface area contributed by atoms with Crippen LogP contribution in [0.1, 0.15) is 37.7 Å². The van der Waals surface area contributed by atoms with Crippen LogP contribution in [0.2, 0.25) is 0 Å². The molecule has 1 aliphatic rings. The molecule has 0 radical (unpaired) electrons. The van der Waals surface area contributed by atoms with Gasteiger partial charge in [0.25, 0.3) is 0 Å². The summed E-state index contributed by atoms with van der Waals surface area (Å²) in [6.45, 7) is 1.87. The lowest BCUT2D eigenvalue weighted by Crippen LogP contribution is -2.42. The first-order valence-corrected chi connectivity index (χ1v) is 7.28. The number of likely N-dealkylation sites (tertiary alicyclic amines) is 1. The first-order valence-electron chi connectivity index (χ1n) is 7.28. The summed E-state index contributed by atoms with van der Waals surface area (Å²) in [6.07, 6.45) is 6.29. The van der Waals surface area contributed by atoms with Crippen molar-refractivity contribution in [2.45, 2.75) is 44.6 Å². The molecular weight excluding hydrogens is 238 g/mol. The molecule has 0 bridgehead atoms. The van der Waals surface area contributed by atoms with Gasteiger partial charge in [-0.1, -0.05) is 43.2 Å². The Morgan fingerprint density at radius 1 is 1.11 bits per heavy atom. The molecule has 0 amide bonds. The zero-order valence-electron chi connectivity index (χ0n) is 11.4. The molecule has 1 fully saturated rings. The lowest BCUT2D eigenvalue weighted by molar-refractivity contribution is -0.143. The molecule has 3 heteroatoms. The van der Waals surface area contributed by atoms with Gasteiger partial charge in [-0.05, 0) is 44.3 Å². The summed E-state index contributed by atoms with van der Waals surface area (Å²) < 4.78 is 0. The van der Waals surface area contributed by atoms with E-state index in [-0.39, 0.29) is 6.04 Å². The molecule has 1 aliphatic heterocycles. The van der Waals surface area contributed by atoms with Crippen molar-refractivity contribution in [1.82, 2.24) is 4.90 Å². The Balaban J connectivity index is 1.93. The third-order valence-corrected chi connectivity index (χ3v) is 3.92. The van der Waals surface area contributed by atoms with Gasteiger partial charge in [0.05, 0.1) is 0 Å². The average Bonchev–Trinajstić information content (AvgIpc) is 2.69. The van der Waals surface area contributed by atoms with Crippen molar-refractivity contribution in [2.75, 3.05) is 13.1 Å². The highest BCUT2D eigenvalue weighted by Gasteiger charge is 2.25. The minimum atomic E-state index is -0.669. The summed E-state index contributed by atoms with van der Waals surface area (Å²) in [6, 6.07) is 9.84. The Hall–Kier alpha value is -1.35. The summed E-state index contributed by atoms with van der Waals surface area (Å²) in [5.74, 6) is -0.669. The number of carboxylic acids is 1. The van der Waals surface area contributed by atoms with Gasteiger partial charge in [-0.3, -0.25) is 9.69 Å². The van der Waals surface area contributed by atoms with E-state index in [1.807, 2.05) is 18.2 Å². The molecule has 1 aromatic rings. The van der Waals surface area contributed by atoms with E-state index in [1.54, 1.807) is 0 Å². The van der Waals surface area contributed by atoms with Crippen molar-refractivity contribution in [3.05, 3.63) is 35.9 Å². The number of aryl methyl sites for hydroxylation is 1. The standard InChI is InChI=1S/C16H23NO2/c18-16(19)15(17-12-6-1-2-7-13-17)11-10-14-8-4-3-5-9-14/h3-5,8-9,15H,1-2,6-7,10-13H2,(H,18,19). The van der Waals surface area contributed by atoms with Crippen LogP contribution in [0.25, 0.3) is 0 Å². The van der Waals surface area contributed by atoms with Crippen LogP contribution in [0.3, 0.4) is 0 Å². The number of hydrogen-bond donors (Lipinski definition) is 1. The molecule has 1 unspecified atom stereocenters. The second kappa shape index (κ2) is 7.29. The molecule has 1 heterocycles. The number of hydrogen-bond acceptors (Lipinski definition) is 2. The number of benzene rings is 1. The first-order chi connectivity index (χ1) is 9.27. The Morgan fingerprint density at radius 3 is 2.32 bits per heavy atom. The van der Waals surface area contributed by atoms with Gasteiger partial charge in [0.2, 0.25) is 0 Å². The number of rotatable bonds is 5. The minimum Gasteiger partial charge on any atom is -0.480 e. The Kier molecular flexibility index (Phi) is 5.40. The zero-order chi connectivity index (χ0) is 13.5. The van der Waals surface area contributed by atoms with Crippen LogP contribution in [0.4, 0.5) is 0 Å². The molecule has 104 valence electrons. The normalized spacial score (nSPS) is 18.7. The van der Waals surface area contributed by atoms with Gasteiger partial charge < -0.3 is 5.11 Å². The predicted octanol–water partition coefficient (Wildman–Crippen LogP) is 2.95. The maximum Gasteiger partial charge on any atom is 0.320 e. The third kappa shape index (κ3) is 4.35. The molecule has 0 saturated carbocycles. The van der Waals surface area contributed by atoms with E-state index >= 15 is 0 Å². The predicted molar refractivity (Wildman–Crippen MR) is 76.2 cm³/mol. The molecular formula is C16H23NO2. The van der Waals surface area contributed by atoms with Crippen LogP contribution in [-0.2, 0) is 11.2 Å². The highest BCUT2D eigenvalue weighted by Crippen LogP contribution is 2.16. The van der Waals surface area contributed by atoms with E-state index < -0.39 is 5.97 Å². The Labute approximate surface area is 115 Å². The summed E-state index contributed by atoms with van der Waals surface area (Å²) in [5.41, 5.74) is 1.23. The second-order valence-corrected chi connectivity index (χ2v) is 5.33. The second-order valence-electron chi connectivity index (χ2n) is 5.33. The fourth-order valence-corrected chi connectivity index (χ4v) is 2.82. The van der Waals surface area contributed by atoms with Crippen LogP contribution < -0.4 is 0 Å². The van der Waals surface area contributed by atoms with E-state index in [0.717, 1.165) is 32.4 Å². The van der Waals surface area contributed by atoms with Crippen molar-refractivity contribution in [3.8, 4) is 0 Å². The van der Waals surface area contributed by atoms with Gasteiger partial charge in [0.1, 0.15) is 6.04 Å². The van der Waals surface area contributed by atoms with Crippen molar-refractivity contribution in [3.63, 3.8) is 0 Å². The van der Waals surface area contributed by atoms with E-state index in [9.17, 15) is 9.90 Å². The fraction of sp³-hybridized carbons (Fsp3) is 0.562. The minimum absolute atomic E-state index is 0.321. The smallest absolute Gasteiger partial charge is 0.320 e. The Morgan fingerprint density at radius 2 is 1.74 bits per heavy atom. The molecule has 3 nitrogen and oxygen atoms in total. The maximum absolute atomic E-state index is 11.5. The number of carbonyl (C=O) groups is 1. The molecule has 0 aromatic heterocycles. The quantitative estimate of drug-likeness (QED) is 0.886. The van der Waals surface area contributed by atoms with Crippen LogP contribution in [-0.4, -0.2) is 35.1 Å². The van der Waals surface area contributed by atoms with Crippen LogP contribution in [0, 0.1) is 0 Å². The van der Waals surface area contributed by atoms with Crippen molar-refractivity contribution in [2.24, 2.45) is 0 Å². The topological polar surface area (TPSA) is 40.5 Å². The third-order valence-electron chi connectivity index (χ3n) is 3.92. The maximum atomic E-state index is 11.5. The largest absolute Gasteiger partial charge is 0.480 e. The number of carboxylic acid groups (broad SMARTS) is 1. The lowest BCUT2D eigenvalue weighted by Gasteiger charge is -2.27. The van der Waals surface area contributed by atoms with Crippen molar-refractivity contribution in [1.29, 1.82) is 0 Å². The van der Waals surface area contributed by atoms with E-state index in [2.05, 4.69) is 17.0 Å². The monoisotopic (exact) mass is 261 g/mol. The van der Waals surface area contributed by atoms with Gasteiger partial charge in [-0.25, -0.2) is 0 Å². The summed E-state index contributed by atoms with van der Waals surface area (Å²) >= 11 is 0. The summed E-state index contributed by atoms with van der Waals surface area (Å²) in [5, 5.41) is 9.45. The van der Waals surface area contributed by atoms with Gasteiger partial charge in [-0.2, -0.15) is 0 Å². The van der Waals surface area contributed by atoms with Gasteiger partial charge in [0, 0.05) is 0 Å². The van der Waals surface area contributed by atoms with Crippen LogP contribution in [0.5, 0.6) is 0 Å². The highest BCUT2D eigenvalue weighted by atomic mass is 16.4. The Bertz CT molecular complexity index is 383. The van der Waals surface area contributed by atoms with Crippen LogP contribution >= 0.6 is 0 Å². The summed E-state index contributed by atoms with van der Waals surface area (Å²) in [7, 11) is 0. The molecule has 19 heavy (non-hydrogen) atoms. The van der Waals surface area contributed by atoms with Crippen molar-refractivity contribution < 1.29 is 9.90 Å². The average molecular weight is 261 g/mol. The highest BCUT2D eigenvalue weighted by molar-refractivity contribution is 5.73. The van der Waals surface area contributed by atoms with Crippen LogP contribution in [0.15, 0.2) is 30.3 Å². The van der Waals surface area contributed by atoms with E-state index in [1.165, 1.54) is 18.4 Å². The first kappa shape index (κ1) is 14.1. The molecule has 0 aliphatic carbocycles. The van der Waals surface area contributed by atoms with E-state index in [4.69, 9.17) is 0 Å². The van der Waals surface area contributed by atoms with Crippen molar-refractivity contribution >= 4 is 5.97 Å². The number of aliphatic carboxylic acids is 1. The van der Waals surface area contributed by atoms with E-state index in [0.29, 0.717) is 6.42 Å². The van der Waals surface area contributed by atoms with Gasteiger partial charge in [-0.15, -0.1) is 0 Å². The lowest BCUT2D eigenvalue weighted by atomic mass is 10.0. The molecule has 0 spiro atoms. The molecule has 1 aromatic carbocycles. The fourth-order valence-electron chi connectivity index (χ4n) is 2.82. The molecule has 1 atom stereocenters.